The second-order valence-electron chi connectivity index (χ2n) is 6.24. The molecule has 0 saturated heterocycles. The third-order valence-corrected chi connectivity index (χ3v) is 4.49. The molecule has 1 atom stereocenters. The Labute approximate surface area is 166 Å². The number of amides is 1. The van der Waals surface area contributed by atoms with Gasteiger partial charge in [-0.15, -0.1) is 0 Å². The maximum Gasteiger partial charge on any atom is 0.251 e. The van der Waals surface area contributed by atoms with Crippen molar-refractivity contribution < 1.29 is 14.3 Å². The topological polar surface area (TPSA) is 50.8 Å². The Bertz CT molecular complexity index is 765. The highest BCUT2D eigenvalue weighted by Gasteiger charge is 2.19. The van der Waals surface area contributed by atoms with Crippen LogP contribution < -0.4 is 14.8 Å². The number of carbonyl (C=O) groups excluding carboxylic acids is 1. The summed E-state index contributed by atoms with van der Waals surface area (Å²) in [5.41, 5.74) is 1.50. The lowest BCUT2D eigenvalue weighted by Crippen LogP contribution is -2.34. The molecule has 0 saturated carbocycles. The van der Waals surface area contributed by atoms with Crippen LogP contribution in [0.15, 0.2) is 42.5 Å². The van der Waals surface area contributed by atoms with E-state index in [4.69, 9.17) is 21.1 Å². The molecule has 0 radical (unpaired) electrons. The maximum absolute atomic E-state index is 12.7. The van der Waals surface area contributed by atoms with E-state index in [1.54, 1.807) is 18.2 Å². The normalized spacial score (nSPS) is 11.9. The number of likely N-dealkylation sites (N-methyl/N-ethyl adjacent to an activating group) is 1. The largest absolute Gasteiger partial charge is 0.490 e. The lowest BCUT2D eigenvalue weighted by atomic mass is 10.1. The van der Waals surface area contributed by atoms with Gasteiger partial charge in [0.1, 0.15) is 0 Å². The van der Waals surface area contributed by atoms with Crippen molar-refractivity contribution >= 4 is 17.5 Å². The minimum atomic E-state index is -0.169. The summed E-state index contributed by atoms with van der Waals surface area (Å²) in [6, 6.07) is 12.9. The van der Waals surface area contributed by atoms with Crippen molar-refractivity contribution in [3.63, 3.8) is 0 Å². The van der Waals surface area contributed by atoms with E-state index < -0.39 is 0 Å². The van der Waals surface area contributed by atoms with Crippen LogP contribution in [-0.4, -0.2) is 44.7 Å². The molecular formula is C21H27ClN2O3. The van der Waals surface area contributed by atoms with Crippen LogP contribution in [0.2, 0.25) is 5.02 Å². The summed E-state index contributed by atoms with van der Waals surface area (Å²) in [7, 11) is 3.93. The first-order valence-electron chi connectivity index (χ1n) is 9.06. The molecule has 0 aliphatic rings. The van der Waals surface area contributed by atoms with Crippen molar-refractivity contribution in [1.29, 1.82) is 0 Å². The predicted molar refractivity (Wildman–Crippen MR) is 109 cm³/mol. The van der Waals surface area contributed by atoms with E-state index in [9.17, 15) is 4.79 Å². The fourth-order valence-corrected chi connectivity index (χ4v) is 3.06. The number of rotatable bonds is 9. The van der Waals surface area contributed by atoms with Crippen LogP contribution >= 0.6 is 11.6 Å². The lowest BCUT2D eigenvalue weighted by Gasteiger charge is -2.26. The lowest BCUT2D eigenvalue weighted by molar-refractivity contribution is 0.0941. The highest BCUT2D eigenvalue weighted by atomic mass is 35.5. The minimum Gasteiger partial charge on any atom is -0.490 e. The standard InChI is InChI=1S/C21H27ClN2O3/c1-5-26-19-12-11-15(13-20(19)27-6-2)21(25)23-14-18(24(3)4)16-9-7-8-10-17(16)22/h7-13,18H,5-6,14H2,1-4H3,(H,23,25). The quantitative estimate of drug-likeness (QED) is 0.698. The first kappa shape index (κ1) is 21.1. The van der Waals surface area contributed by atoms with Crippen molar-refractivity contribution in [3.05, 3.63) is 58.6 Å². The van der Waals surface area contributed by atoms with Gasteiger partial charge in [-0.05, 0) is 57.8 Å². The molecule has 2 aromatic rings. The number of nitrogens with one attached hydrogen (secondary N) is 1. The van der Waals surface area contributed by atoms with Crippen LogP contribution in [0.1, 0.15) is 35.8 Å². The minimum absolute atomic E-state index is 0.0308. The van der Waals surface area contributed by atoms with Gasteiger partial charge in [0.15, 0.2) is 11.5 Å². The van der Waals surface area contributed by atoms with E-state index >= 15 is 0 Å². The Morgan fingerprint density at radius 2 is 1.74 bits per heavy atom. The van der Waals surface area contributed by atoms with Gasteiger partial charge in [-0.3, -0.25) is 4.79 Å². The fraction of sp³-hybridized carbons (Fsp3) is 0.381. The average molecular weight is 391 g/mol. The zero-order valence-corrected chi connectivity index (χ0v) is 17.0. The molecular weight excluding hydrogens is 364 g/mol. The van der Waals surface area contributed by atoms with Gasteiger partial charge < -0.3 is 19.7 Å². The molecule has 2 aromatic carbocycles. The Morgan fingerprint density at radius 1 is 1.07 bits per heavy atom. The van der Waals surface area contributed by atoms with Gasteiger partial charge in [-0.25, -0.2) is 0 Å². The van der Waals surface area contributed by atoms with Gasteiger partial charge in [0.25, 0.3) is 5.91 Å². The van der Waals surface area contributed by atoms with Gasteiger partial charge in [0.2, 0.25) is 0 Å². The highest BCUT2D eigenvalue weighted by molar-refractivity contribution is 6.31. The molecule has 0 heterocycles. The summed E-state index contributed by atoms with van der Waals surface area (Å²) >= 11 is 6.33. The third kappa shape index (κ3) is 5.62. The molecule has 27 heavy (non-hydrogen) atoms. The molecule has 1 amide bonds. The molecule has 5 nitrogen and oxygen atoms in total. The summed E-state index contributed by atoms with van der Waals surface area (Å²) in [6.45, 7) is 5.28. The van der Waals surface area contributed by atoms with Crippen LogP contribution in [-0.2, 0) is 0 Å². The van der Waals surface area contributed by atoms with Gasteiger partial charge in [-0.1, -0.05) is 29.8 Å². The molecule has 0 fully saturated rings. The zero-order valence-electron chi connectivity index (χ0n) is 16.3. The van der Waals surface area contributed by atoms with Crippen molar-refractivity contribution in [3.8, 4) is 11.5 Å². The molecule has 6 heteroatoms. The summed E-state index contributed by atoms with van der Waals surface area (Å²) < 4.78 is 11.1. The van der Waals surface area contributed by atoms with Crippen LogP contribution in [0, 0.1) is 0 Å². The van der Waals surface area contributed by atoms with Crippen molar-refractivity contribution in [1.82, 2.24) is 10.2 Å². The Hall–Kier alpha value is -2.24. The number of nitrogens with zero attached hydrogens (tertiary/aromatic N) is 1. The Balaban J connectivity index is 2.13. The van der Waals surface area contributed by atoms with Crippen LogP contribution in [0.5, 0.6) is 11.5 Å². The number of hydrogen-bond acceptors (Lipinski definition) is 4. The smallest absolute Gasteiger partial charge is 0.251 e. The summed E-state index contributed by atoms with van der Waals surface area (Å²) in [4.78, 5) is 14.7. The zero-order chi connectivity index (χ0) is 19.8. The molecule has 1 unspecified atom stereocenters. The second-order valence-corrected chi connectivity index (χ2v) is 6.65. The summed E-state index contributed by atoms with van der Waals surface area (Å²) in [5, 5.41) is 3.68. The van der Waals surface area contributed by atoms with Crippen LogP contribution in [0.4, 0.5) is 0 Å². The second kappa shape index (κ2) is 10.2. The average Bonchev–Trinajstić information content (AvgIpc) is 2.64. The molecule has 0 aliphatic heterocycles. The van der Waals surface area contributed by atoms with Gasteiger partial charge >= 0.3 is 0 Å². The molecule has 1 N–H and O–H groups in total. The number of hydrogen-bond donors (Lipinski definition) is 1. The molecule has 2 rings (SSSR count). The van der Waals surface area contributed by atoms with Crippen LogP contribution in [0.3, 0.4) is 0 Å². The van der Waals surface area contributed by atoms with E-state index in [0.717, 1.165) is 5.56 Å². The maximum atomic E-state index is 12.7. The van der Waals surface area contributed by atoms with Crippen molar-refractivity contribution in [2.75, 3.05) is 33.9 Å². The number of benzene rings is 2. The molecule has 0 bridgehead atoms. The van der Waals surface area contributed by atoms with Gasteiger partial charge in [0, 0.05) is 17.1 Å². The first-order valence-corrected chi connectivity index (χ1v) is 9.44. The number of ether oxygens (including phenoxy) is 2. The van der Waals surface area contributed by atoms with Crippen molar-refractivity contribution in [2.24, 2.45) is 0 Å². The molecule has 0 aromatic heterocycles. The molecule has 146 valence electrons. The molecule has 0 aliphatic carbocycles. The van der Waals surface area contributed by atoms with E-state index in [1.165, 1.54) is 0 Å². The number of halogens is 1. The predicted octanol–water partition coefficient (Wildman–Crippen LogP) is 4.17. The van der Waals surface area contributed by atoms with E-state index in [0.29, 0.717) is 41.8 Å². The SMILES string of the molecule is CCOc1ccc(C(=O)NCC(c2ccccc2Cl)N(C)C)cc1OCC. The monoisotopic (exact) mass is 390 g/mol. The Morgan fingerprint density at radius 3 is 2.37 bits per heavy atom. The summed E-state index contributed by atoms with van der Waals surface area (Å²) in [6.07, 6.45) is 0. The third-order valence-electron chi connectivity index (χ3n) is 4.15. The fourth-order valence-electron chi connectivity index (χ4n) is 2.80. The van der Waals surface area contributed by atoms with Crippen molar-refractivity contribution in [2.45, 2.75) is 19.9 Å². The number of carbonyl (C=O) groups is 1. The van der Waals surface area contributed by atoms with E-state index in [-0.39, 0.29) is 11.9 Å². The van der Waals surface area contributed by atoms with Gasteiger partial charge in [0.05, 0.1) is 19.3 Å². The first-order chi connectivity index (χ1) is 13.0. The summed E-state index contributed by atoms with van der Waals surface area (Å²) in [5.74, 6) is 1.04. The highest BCUT2D eigenvalue weighted by Crippen LogP contribution is 2.29. The van der Waals surface area contributed by atoms with E-state index in [1.807, 2.05) is 57.1 Å². The molecule has 0 spiro atoms. The Kier molecular flexibility index (Phi) is 7.95. The van der Waals surface area contributed by atoms with Gasteiger partial charge in [-0.2, -0.15) is 0 Å². The van der Waals surface area contributed by atoms with E-state index in [2.05, 4.69) is 5.32 Å². The van der Waals surface area contributed by atoms with Crippen LogP contribution in [0.25, 0.3) is 0 Å².